The first-order chi connectivity index (χ1) is 13.1. The van der Waals surface area contributed by atoms with Gasteiger partial charge in [0.25, 0.3) is 5.91 Å². The van der Waals surface area contributed by atoms with E-state index in [2.05, 4.69) is 5.32 Å². The molecule has 0 aliphatic heterocycles. The lowest BCUT2D eigenvalue weighted by Gasteiger charge is -2.14. The van der Waals surface area contributed by atoms with Crippen molar-refractivity contribution in [1.29, 1.82) is 0 Å². The number of nitrogens with one attached hydrogen (secondary N) is 1. The Bertz CT molecular complexity index is 911. The van der Waals surface area contributed by atoms with Gasteiger partial charge in [-0.15, -0.1) is 0 Å². The predicted molar refractivity (Wildman–Crippen MR) is 105 cm³/mol. The third-order valence-electron chi connectivity index (χ3n) is 4.50. The zero-order valence-corrected chi connectivity index (χ0v) is 15.4. The summed E-state index contributed by atoms with van der Waals surface area (Å²) in [4.78, 5) is 12.4. The van der Waals surface area contributed by atoms with Crippen molar-refractivity contribution in [3.63, 3.8) is 0 Å². The smallest absolute Gasteiger partial charge is 0.251 e. The molecular weight excluding hydrogens is 342 g/mol. The highest BCUT2D eigenvalue weighted by Crippen LogP contribution is 2.26. The van der Waals surface area contributed by atoms with Crippen LogP contribution in [0.15, 0.2) is 60.7 Å². The second-order valence-electron chi connectivity index (χ2n) is 6.23. The molecule has 0 saturated heterocycles. The van der Waals surface area contributed by atoms with Crippen molar-refractivity contribution >= 4 is 16.7 Å². The summed E-state index contributed by atoms with van der Waals surface area (Å²) in [7, 11) is 3.08. The maximum atomic E-state index is 12.4. The molecule has 0 aliphatic carbocycles. The summed E-state index contributed by atoms with van der Waals surface area (Å²) in [6.45, 7) is 0.350. The van der Waals surface area contributed by atoms with Gasteiger partial charge in [-0.25, -0.2) is 0 Å². The number of amides is 1. The van der Waals surface area contributed by atoms with Crippen LogP contribution in [0.2, 0.25) is 0 Å². The van der Waals surface area contributed by atoms with Crippen molar-refractivity contribution in [3.05, 3.63) is 71.8 Å². The lowest BCUT2D eigenvalue weighted by atomic mass is 9.99. The number of aliphatic hydroxyl groups excluding tert-OH is 1. The molecule has 0 spiro atoms. The first kappa shape index (κ1) is 18.7. The van der Waals surface area contributed by atoms with E-state index in [0.717, 1.165) is 16.3 Å². The van der Waals surface area contributed by atoms with Gasteiger partial charge in [0.15, 0.2) is 0 Å². The fourth-order valence-corrected chi connectivity index (χ4v) is 3.06. The molecule has 0 saturated carbocycles. The number of carbonyl (C=O) groups excluding carboxylic acids is 1. The molecule has 27 heavy (non-hydrogen) atoms. The summed E-state index contributed by atoms with van der Waals surface area (Å²) in [6.07, 6.45) is -0.239. The zero-order valence-electron chi connectivity index (χ0n) is 15.4. The van der Waals surface area contributed by atoms with Crippen LogP contribution in [-0.4, -0.2) is 31.8 Å². The lowest BCUT2D eigenvalue weighted by Crippen LogP contribution is -2.25. The molecule has 5 heteroatoms. The zero-order chi connectivity index (χ0) is 19.2. The van der Waals surface area contributed by atoms with Crippen LogP contribution < -0.4 is 14.8 Å². The highest BCUT2D eigenvalue weighted by molar-refractivity contribution is 5.95. The van der Waals surface area contributed by atoms with E-state index in [4.69, 9.17) is 9.47 Å². The fraction of sp³-hybridized carbons (Fsp3) is 0.227. The standard InChI is InChI=1S/C22H23NO4/c1-26-17-12-16(13-18(14-17)27-2)22(25)23-11-10-21(24)20-9-5-7-15-6-3-4-8-19(15)20/h3-9,12-14,21,24H,10-11H2,1-2H3,(H,23,25). The third-order valence-corrected chi connectivity index (χ3v) is 4.50. The van der Waals surface area contributed by atoms with Gasteiger partial charge >= 0.3 is 0 Å². The molecule has 0 heterocycles. The molecule has 0 radical (unpaired) electrons. The monoisotopic (exact) mass is 365 g/mol. The third kappa shape index (κ3) is 4.38. The number of ether oxygens (including phenoxy) is 2. The van der Waals surface area contributed by atoms with E-state index >= 15 is 0 Å². The molecule has 1 amide bonds. The first-order valence-electron chi connectivity index (χ1n) is 8.79. The molecular formula is C22H23NO4. The molecule has 140 valence electrons. The Labute approximate surface area is 158 Å². The molecule has 1 unspecified atom stereocenters. The minimum Gasteiger partial charge on any atom is -0.497 e. The van der Waals surface area contributed by atoms with Gasteiger partial charge in [-0.3, -0.25) is 4.79 Å². The molecule has 0 aromatic heterocycles. The Morgan fingerprint density at radius 2 is 1.67 bits per heavy atom. The maximum absolute atomic E-state index is 12.4. The number of hydrogen-bond acceptors (Lipinski definition) is 4. The maximum Gasteiger partial charge on any atom is 0.251 e. The van der Waals surface area contributed by atoms with Gasteiger partial charge in [0, 0.05) is 18.2 Å². The molecule has 3 rings (SSSR count). The van der Waals surface area contributed by atoms with Crippen molar-refractivity contribution in [2.75, 3.05) is 20.8 Å². The number of rotatable bonds is 7. The number of fused-ring (bicyclic) bond motifs is 1. The minimum absolute atomic E-state index is 0.239. The highest BCUT2D eigenvalue weighted by Gasteiger charge is 2.13. The molecule has 3 aromatic carbocycles. The van der Waals surface area contributed by atoms with Crippen LogP contribution in [0.25, 0.3) is 10.8 Å². The second kappa shape index (κ2) is 8.56. The van der Waals surface area contributed by atoms with Gasteiger partial charge in [-0.1, -0.05) is 42.5 Å². The second-order valence-corrected chi connectivity index (χ2v) is 6.23. The van der Waals surface area contributed by atoms with Gasteiger partial charge in [0.1, 0.15) is 11.5 Å². The summed E-state index contributed by atoms with van der Waals surface area (Å²) < 4.78 is 10.4. The van der Waals surface area contributed by atoms with E-state index in [-0.39, 0.29) is 5.91 Å². The van der Waals surface area contributed by atoms with E-state index in [9.17, 15) is 9.90 Å². The van der Waals surface area contributed by atoms with E-state index in [0.29, 0.717) is 30.0 Å². The fourth-order valence-electron chi connectivity index (χ4n) is 3.06. The number of benzene rings is 3. The predicted octanol–water partition coefficient (Wildman–Crippen LogP) is 3.71. The van der Waals surface area contributed by atoms with Crippen molar-refractivity contribution in [3.8, 4) is 11.5 Å². The lowest BCUT2D eigenvalue weighted by molar-refractivity contribution is 0.0942. The van der Waals surface area contributed by atoms with Gasteiger partial charge in [0.2, 0.25) is 0 Å². The summed E-state index contributed by atoms with van der Waals surface area (Å²) in [5.74, 6) is 0.864. The average Bonchev–Trinajstić information content (AvgIpc) is 2.72. The SMILES string of the molecule is COc1cc(OC)cc(C(=O)NCCC(O)c2cccc3ccccc23)c1. The Kier molecular flexibility index (Phi) is 5.94. The normalized spacial score (nSPS) is 11.8. The summed E-state index contributed by atoms with van der Waals surface area (Å²) >= 11 is 0. The van der Waals surface area contributed by atoms with Gasteiger partial charge < -0.3 is 19.9 Å². The number of aliphatic hydroxyl groups is 1. The summed E-state index contributed by atoms with van der Waals surface area (Å²) in [5, 5.41) is 15.5. The van der Waals surface area contributed by atoms with Gasteiger partial charge in [0.05, 0.1) is 20.3 Å². The first-order valence-corrected chi connectivity index (χ1v) is 8.79. The van der Waals surface area contributed by atoms with Crippen LogP contribution in [0.1, 0.15) is 28.4 Å². The van der Waals surface area contributed by atoms with Crippen molar-refractivity contribution in [2.24, 2.45) is 0 Å². The van der Waals surface area contributed by atoms with Crippen LogP contribution in [-0.2, 0) is 0 Å². The van der Waals surface area contributed by atoms with Crippen LogP contribution in [0, 0.1) is 0 Å². The van der Waals surface area contributed by atoms with E-state index < -0.39 is 6.10 Å². The Hall–Kier alpha value is -3.05. The van der Waals surface area contributed by atoms with E-state index in [1.165, 1.54) is 14.2 Å². The molecule has 0 aliphatic rings. The molecule has 3 aromatic rings. The number of hydrogen-bond donors (Lipinski definition) is 2. The largest absolute Gasteiger partial charge is 0.497 e. The van der Waals surface area contributed by atoms with Crippen molar-refractivity contribution < 1.29 is 19.4 Å². The number of carbonyl (C=O) groups is 1. The number of methoxy groups -OCH3 is 2. The average molecular weight is 365 g/mol. The minimum atomic E-state index is -0.656. The Morgan fingerprint density at radius 1 is 1.00 bits per heavy atom. The van der Waals surface area contributed by atoms with Crippen LogP contribution in [0.3, 0.4) is 0 Å². The summed E-state index contributed by atoms with van der Waals surface area (Å²) in [6, 6.07) is 18.8. The Morgan fingerprint density at radius 3 is 2.37 bits per heavy atom. The van der Waals surface area contributed by atoms with Crippen LogP contribution in [0.4, 0.5) is 0 Å². The molecule has 1 atom stereocenters. The van der Waals surface area contributed by atoms with Crippen LogP contribution >= 0.6 is 0 Å². The topological polar surface area (TPSA) is 67.8 Å². The molecule has 0 bridgehead atoms. The molecule has 5 nitrogen and oxygen atoms in total. The van der Waals surface area contributed by atoms with Crippen LogP contribution in [0.5, 0.6) is 11.5 Å². The van der Waals surface area contributed by atoms with E-state index in [1.807, 2.05) is 42.5 Å². The quantitative estimate of drug-likeness (QED) is 0.670. The van der Waals surface area contributed by atoms with E-state index in [1.54, 1.807) is 18.2 Å². The molecule has 0 fully saturated rings. The Balaban J connectivity index is 1.64. The summed E-state index contributed by atoms with van der Waals surface area (Å²) in [5.41, 5.74) is 1.32. The molecule has 2 N–H and O–H groups in total. The van der Waals surface area contributed by atoms with Gasteiger partial charge in [-0.05, 0) is 34.9 Å². The van der Waals surface area contributed by atoms with Crippen molar-refractivity contribution in [2.45, 2.75) is 12.5 Å². The van der Waals surface area contributed by atoms with Crippen molar-refractivity contribution in [1.82, 2.24) is 5.32 Å². The highest BCUT2D eigenvalue weighted by atomic mass is 16.5. The van der Waals surface area contributed by atoms with Gasteiger partial charge in [-0.2, -0.15) is 0 Å².